The van der Waals surface area contributed by atoms with Crippen molar-refractivity contribution >= 4 is 67.5 Å². The number of nitriles is 1. The van der Waals surface area contributed by atoms with Gasteiger partial charge in [0.1, 0.15) is 62.9 Å². The molecule has 12 aromatic heterocycles. The highest BCUT2D eigenvalue weighted by Crippen LogP contribution is 2.47. The third-order valence-electron chi connectivity index (χ3n) is 27.4. The fourth-order valence-electron chi connectivity index (χ4n) is 20.7. The maximum Gasteiger partial charge on any atom is 0.338 e. The Kier molecular flexibility index (Phi) is 26.7. The van der Waals surface area contributed by atoms with Gasteiger partial charge < -0.3 is 56.4 Å². The number of aliphatic hydroxyl groups is 1. The largest absolute Gasteiger partial charge is 0.508 e. The van der Waals surface area contributed by atoms with Crippen molar-refractivity contribution in [2.45, 2.75) is 260 Å². The summed E-state index contributed by atoms with van der Waals surface area (Å²) in [5.74, 6) is 3.33. The van der Waals surface area contributed by atoms with Crippen LogP contribution in [-0.2, 0) is 24.4 Å². The topological polar surface area (TPSA) is 286 Å². The van der Waals surface area contributed by atoms with E-state index in [0.717, 1.165) is 255 Å². The Morgan fingerprint density at radius 2 is 0.830 bits per heavy atom. The lowest BCUT2D eigenvalue weighted by Gasteiger charge is -2.30. The van der Waals surface area contributed by atoms with E-state index in [1.54, 1.807) is 48.7 Å². The Bertz CT molecular complexity index is 7050. The highest BCUT2D eigenvalue weighted by atomic mass is 35.5. The molecule has 26 heteroatoms. The zero-order valence-electron chi connectivity index (χ0n) is 78.8. The number of phenolic OH excluding ortho intramolecular Hbond substituents is 2. The van der Waals surface area contributed by atoms with E-state index in [9.17, 15) is 25.4 Å². The van der Waals surface area contributed by atoms with E-state index in [2.05, 4.69) is 62.2 Å². The lowest BCUT2D eigenvalue weighted by Crippen LogP contribution is -2.31. The van der Waals surface area contributed by atoms with Gasteiger partial charge in [-0.1, -0.05) is 152 Å². The minimum absolute atomic E-state index is 0.0257. The molecule has 4 aromatic carbocycles. The van der Waals surface area contributed by atoms with E-state index in [1.165, 1.54) is 12.8 Å². The van der Waals surface area contributed by atoms with E-state index in [0.29, 0.717) is 75.1 Å². The molecule has 1 unspecified atom stereocenters. The molecule has 16 aromatic rings. The number of esters is 1. The fourth-order valence-corrected chi connectivity index (χ4v) is 20.9. The van der Waals surface area contributed by atoms with E-state index in [1.807, 2.05) is 182 Å². The van der Waals surface area contributed by atoms with Gasteiger partial charge in [0, 0.05) is 128 Å². The first-order valence-corrected chi connectivity index (χ1v) is 47.3. The molecule has 0 saturated heterocycles. The number of aryl methyl sites for hydroxylation is 9. The van der Waals surface area contributed by atoms with Gasteiger partial charge in [-0.05, 0) is 235 Å². The summed E-state index contributed by atoms with van der Waals surface area (Å²) in [5.41, 5.74) is 22.7. The number of carbonyl (C=O) groups excluding carboxylic acids is 1. The van der Waals surface area contributed by atoms with Gasteiger partial charge in [-0.3, -0.25) is 19.9 Å². The Morgan fingerprint density at radius 1 is 0.481 bits per heavy atom. The van der Waals surface area contributed by atoms with Crippen molar-refractivity contribution in [2.24, 2.45) is 5.92 Å². The van der Waals surface area contributed by atoms with Crippen molar-refractivity contribution in [1.29, 1.82) is 5.26 Å². The molecule has 4 saturated carbocycles. The normalized spacial score (nSPS) is 15.7. The molecule has 1 atom stereocenters. The molecular weight excluding hydrogens is 1730 g/mol. The molecule has 20 rings (SSSR count). The van der Waals surface area contributed by atoms with Crippen molar-refractivity contribution in [3.8, 4) is 107 Å². The zero-order valence-corrected chi connectivity index (χ0v) is 79.5. The van der Waals surface area contributed by atoms with Crippen LogP contribution in [0.5, 0.6) is 11.5 Å². The summed E-state index contributed by atoms with van der Waals surface area (Å²) in [7, 11) is 0. The number of aliphatic hydroxyl groups excluding tert-OH is 1. The van der Waals surface area contributed by atoms with E-state index in [-0.39, 0.29) is 40.8 Å². The molecule has 4 aliphatic carbocycles. The number of ether oxygens (including phenoxy) is 1. The van der Waals surface area contributed by atoms with Crippen LogP contribution in [-0.4, -0.2) is 103 Å². The quantitative estimate of drug-likeness (QED) is 0.0501. The Hall–Kier alpha value is -13.3. The van der Waals surface area contributed by atoms with Gasteiger partial charge in [0.05, 0.1) is 110 Å². The first kappa shape index (κ1) is 93.5. The maximum atomic E-state index is 15.8. The highest BCUT2D eigenvalue weighted by molar-refractivity contribution is 6.32. The van der Waals surface area contributed by atoms with E-state index < -0.39 is 22.6 Å². The number of benzene rings is 4. The zero-order chi connectivity index (χ0) is 95.1. The molecule has 3 N–H and O–H groups in total. The molecule has 12 heterocycles. The van der Waals surface area contributed by atoms with Crippen LogP contribution in [0.4, 0.5) is 13.2 Å². The summed E-state index contributed by atoms with van der Waals surface area (Å²) >= 11 is 6.17. The minimum Gasteiger partial charge on any atom is -0.508 e. The van der Waals surface area contributed by atoms with Gasteiger partial charge in [-0.25, -0.2) is 18.0 Å². The molecule has 135 heavy (non-hydrogen) atoms. The van der Waals surface area contributed by atoms with Crippen LogP contribution in [0.2, 0.25) is 5.02 Å². The molecule has 22 nitrogen and oxygen atoms in total. The number of hydrogen-bond donors (Lipinski definition) is 3. The fraction of sp³-hybridized carbons (Fsp3) is 0.376. The summed E-state index contributed by atoms with van der Waals surface area (Å²) in [5, 5.41) is 55.9. The third-order valence-corrected chi connectivity index (χ3v) is 27.7. The lowest BCUT2D eigenvalue weighted by molar-refractivity contribution is 0.00691. The number of alkyl halides is 3. The average molecular weight is 1840 g/mol. The molecule has 4 aliphatic rings. The molecule has 0 amide bonds. The van der Waals surface area contributed by atoms with Gasteiger partial charge in [-0.2, -0.15) is 5.26 Å². The number of phenols is 2. The van der Waals surface area contributed by atoms with Crippen LogP contribution in [0.25, 0.3) is 139 Å². The second-order valence-electron chi connectivity index (χ2n) is 38.5. The van der Waals surface area contributed by atoms with Crippen molar-refractivity contribution in [1.82, 2.24) is 58.8 Å². The highest BCUT2D eigenvalue weighted by Gasteiger charge is 2.38. The van der Waals surface area contributed by atoms with Crippen LogP contribution < -0.4 is 0 Å². The number of fused-ring (bicyclic) bond motifs is 4. The Labute approximate surface area is 788 Å². The van der Waals surface area contributed by atoms with Crippen LogP contribution in [0.1, 0.15) is 223 Å². The average Bonchev–Trinajstić information content (AvgIpc) is 1.62. The lowest BCUT2D eigenvalue weighted by atomic mass is 9.86. The minimum atomic E-state index is -1.23. The molecule has 0 aliphatic heterocycles. The van der Waals surface area contributed by atoms with Crippen LogP contribution in [0.15, 0.2) is 183 Å². The molecule has 0 bridgehead atoms. The number of aromatic nitrogens is 12. The second kappa shape index (κ2) is 38.6. The number of pyridine rings is 4. The summed E-state index contributed by atoms with van der Waals surface area (Å²) in [6.45, 7) is 27.3. The predicted molar refractivity (Wildman–Crippen MR) is 522 cm³/mol. The second-order valence-corrected chi connectivity index (χ2v) is 38.9. The van der Waals surface area contributed by atoms with Gasteiger partial charge in [0.15, 0.2) is 0 Å². The monoisotopic (exact) mass is 1840 g/mol. The van der Waals surface area contributed by atoms with Crippen molar-refractivity contribution < 1.29 is 56.1 Å². The number of halogens is 4. The van der Waals surface area contributed by atoms with Crippen LogP contribution in [0, 0.1) is 79.6 Å². The molecule has 0 spiro atoms. The third kappa shape index (κ3) is 19.8. The Morgan fingerprint density at radius 3 is 1.19 bits per heavy atom. The van der Waals surface area contributed by atoms with Crippen molar-refractivity contribution in [3.63, 3.8) is 0 Å². The predicted octanol–water partition coefficient (Wildman–Crippen LogP) is 28.4. The smallest absolute Gasteiger partial charge is 0.338 e. The van der Waals surface area contributed by atoms with Gasteiger partial charge in [0.25, 0.3) is 0 Å². The van der Waals surface area contributed by atoms with Gasteiger partial charge in [-0.15, -0.1) is 0 Å². The summed E-state index contributed by atoms with van der Waals surface area (Å²) in [4.78, 5) is 31.9. The summed E-state index contributed by atoms with van der Waals surface area (Å²) in [6.07, 6.45) is 32.8. The number of aromatic hydroxyl groups is 2. The first-order chi connectivity index (χ1) is 64.7. The van der Waals surface area contributed by atoms with Crippen LogP contribution in [0.3, 0.4) is 0 Å². The van der Waals surface area contributed by atoms with Gasteiger partial charge >= 0.3 is 5.97 Å². The van der Waals surface area contributed by atoms with Crippen LogP contribution >= 0.6 is 11.6 Å². The molecule has 698 valence electrons. The van der Waals surface area contributed by atoms with Gasteiger partial charge in [0.2, 0.25) is 0 Å². The molecular formula is C109H115ClF3N13O9. The summed E-state index contributed by atoms with van der Waals surface area (Å²) < 4.78 is 82.5. The van der Waals surface area contributed by atoms with Crippen molar-refractivity contribution in [2.75, 3.05) is 0 Å². The molecule has 0 radical (unpaired) electrons. The maximum absolute atomic E-state index is 15.8. The number of hydrogen-bond acceptors (Lipinski definition) is 18. The first-order valence-electron chi connectivity index (χ1n) is 47.0. The number of carbonyl (C=O) groups is 1. The van der Waals surface area contributed by atoms with E-state index >= 15 is 13.2 Å². The van der Waals surface area contributed by atoms with Crippen molar-refractivity contribution in [3.05, 3.63) is 233 Å². The standard InChI is InChI=1S/C31H34N4O3.C28H30FN3O2.C25H25ClFN3O2.C25H26FN3O2/c1-19-28(20(2)38-34-19)24-16-27-29(33-17-24)25(18-35(27)26(14-15-32)22-8-6-7-9-22)21-10-12-23(13-11-21)30(36)37-31(3,4)5;1-17-8-9-21(12-23(17)19(3)33)24-15-32(16-28(29)10-6-5-7-11-28)25-13-22(14-30-27(24)25)26-18(2)31-34-20(26)4;1-15-23(16(2)32-29-15)18-11-21-24(28-12-18)19(17-6-7-22(31)20(26)10-17)13-30(21)14-25(27)8-4-3-5-9-25;1-16-23(17(2)31-28-16)19-12-22-24(27-13-19)21(18-6-8-20(30)9-7-18)14-29(22)15-25(26)10-4-3-5-11-25/h10-13,16-18,22,26H,6-9,14H2,1-5H3;8-9,12-15,33H,3,5-7,10-11,16H2,1-2,4H3;6-7,10-13,31H,3-5,8-9,14H2,1-2H3;6-9,12-14,30H,3-5,10-11,15H2,1-2H3. The summed E-state index contributed by atoms with van der Waals surface area (Å²) in [6, 6.07) is 36.3. The Balaban J connectivity index is 0.000000125. The SMILES string of the molecule is C=C(O)c1cc(-c2cn(CC3(F)CCCCC3)c3cc(-c4c(C)noc4C)cnc23)ccc1C.Cc1noc(C)c1-c1cnc2c(-c3ccc(C(=O)OC(C)(C)C)cc3)cn(C(CC#N)C3CCCC3)c2c1.Cc1noc(C)c1-c1cnc2c(-c3ccc(O)c(Cl)c3)cn(CC3(F)CCCCC3)c2c1.Cc1noc(C)c1-c1cnc2c(-c3ccc(O)cc3)cn(CC3(F)CCCCC3)c2c1. The number of rotatable bonds is 19. The number of nitrogens with zero attached hydrogens (tertiary/aromatic N) is 13. The molecule has 4 fully saturated rings. The van der Waals surface area contributed by atoms with E-state index in [4.69, 9.17) is 54.4 Å².